The summed E-state index contributed by atoms with van der Waals surface area (Å²) in [7, 11) is 0. The number of hydrogen-bond acceptors (Lipinski definition) is 28. The monoisotopic (exact) mass is 1600 g/mol. The largest absolute Gasteiger partial charge is 0.480 e. The number of amides is 8. The summed E-state index contributed by atoms with van der Waals surface area (Å²) in [4.78, 5) is 220. The summed E-state index contributed by atoms with van der Waals surface area (Å²) in [5, 5.41) is 41.5. The normalized spacial score (nSPS) is 13.6. The van der Waals surface area contributed by atoms with Gasteiger partial charge < -0.3 is 87.8 Å². The Hall–Kier alpha value is -10.8. The van der Waals surface area contributed by atoms with E-state index in [1.54, 1.807) is 42.4 Å². The van der Waals surface area contributed by atoms with Crippen LogP contribution in [0.3, 0.4) is 0 Å². The van der Waals surface area contributed by atoms with Crippen LogP contribution in [-0.4, -0.2) is 342 Å². The molecule has 1 unspecified atom stereocenters. The number of rotatable bonds is 43. The molecule has 5 heterocycles. The van der Waals surface area contributed by atoms with Crippen LogP contribution in [0.4, 0.5) is 5.82 Å². The maximum atomic E-state index is 13.1. The summed E-state index contributed by atoms with van der Waals surface area (Å²) in [6.07, 6.45) is 8.06. The molecule has 0 saturated carbocycles. The molecule has 1 aliphatic heterocycles. The van der Waals surface area contributed by atoms with Crippen molar-refractivity contribution in [2.24, 2.45) is 17.4 Å². The highest BCUT2D eigenvalue weighted by Crippen LogP contribution is 2.15. The summed E-state index contributed by atoms with van der Waals surface area (Å²) in [6, 6.07) is 0.414. The molecule has 0 aliphatic carbocycles. The van der Waals surface area contributed by atoms with Gasteiger partial charge in [-0.25, -0.2) is 24.5 Å². The quantitative estimate of drug-likeness (QED) is 0.0145. The van der Waals surface area contributed by atoms with Crippen LogP contribution in [0.2, 0.25) is 0 Å². The van der Waals surface area contributed by atoms with Crippen molar-refractivity contribution in [2.45, 2.75) is 112 Å². The Morgan fingerprint density at radius 1 is 0.602 bits per heavy atom. The highest BCUT2D eigenvalue weighted by molar-refractivity contribution is 5.90. The van der Waals surface area contributed by atoms with Crippen LogP contribution in [0.25, 0.3) is 11.2 Å². The van der Waals surface area contributed by atoms with Gasteiger partial charge >= 0.3 is 29.3 Å². The van der Waals surface area contributed by atoms with Crippen LogP contribution in [0.5, 0.6) is 0 Å². The lowest BCUT2D eigenvalue weighted by Gasteiger charge is -2.30. The Balaban J connectivity index is 0.000000447. The summed E-state index contributed by atoms with van der Waals surface area (Å²) < 4.78 is 14.2. The first-order chi connectivity index (χ1) is 53.6. The van der Waals surface area contributed by atoms with Gasteiger partial charge in [0.05, 0.1) is 65.4 Å². The zero-order chi connectivity index (χ0) is 84.1. The van der Waals surface area contributed by atoms with Gasteiger partial charge in [-0.3, -0.25) is 106 Å². The molecule has 1 atom stereocenters. The topological polar surface area (TPSA) is 598 Å². The lowest BCUT2D eigenvalue weighted by molar-refractivity contribution is -0.140. The minimum atomic E-state index is -0.982. The molecule has 630 valence electrons. The van der Waals surface area contributed by atoms with Gasteiger partial charge in [-0.05, 0) is 66.0 Å². The fraction of sp³-hybridized carbons (Fsp3) is 0.638. The standard InChI is InChI=1S/C26H39N9O8.C26H47N5O10.C17H27N9O3/c1-5-27-20(37)13-33(22(39)15-34-9-6-19(36)30-25(34)42)11-8-29-21(38)14-32(10-7-28-17(2)3)23(40)16-35-12-18(4)24(41)31-26(35)43;1-21(2)22(32)19-40-13-14-41-20-27-23(33)15-28-5-3-6-30(17-25(36)37)11-12-31(18-26(38)39)8-4-7-29(10-9-28)16-24(34)35;1-2-25(7-12(27)24-11(16(20)29)5-3-4-6-18)13(28)8-26-10-23-14-15(19)21-9-22-17(14)26/h6,9,12,17,28H,5,7-8,10-11,13-16H2,1-4H3,(H,27,37)(H,29,38)(H,30,36,42)(H,31,41,43);21H,3-20H2,1-2H3,(H,27,33)(H,34,35)(H,36,37)(H,38,39);9-11H,2-8,18H2,1H3,(H2,20,29)(H,24,27)(H2,19,21,22). The SMILES string of the molecule is CC(C)C(=O)COCCOCNC(=O)CN1CCCN(CC(=O)O)CCN(CC(=O)O)CCCN(CC(=O)O)CC1.CCN(CC(=O)NC(CCCCN)C(N)=O)C(=O)Cn1cnc2c(N)ncnc21.CCNC(=O)CN(CCNC(=O)CN(CCNC(C)C)C(=O)Cn1cc(C)c(=O)[nH]c1=O)C(=O)Cn1ccc(=O)[nH]c1=O. The number of nitrogens with zero attached hydrogens (tertiary/aromatic N) is 13. The number of nitrogen functional groups attached to an aromatic ring is 1. The molecule has 1 saturated heterocycles. The molecule has 113 heavy (non-hydrogen) atoms. The molecule has 16 N–H and O–H groups in total. The number of imidazole rings is 1. The minimum absolute atomic E-state index is 0.00344. The van der Waals surface area contributed by atoms with Crippen LogP contribution in [-0.2, 0) is 86.6 Å². The van der Waals surface area contributed by atoms with Gasteiger partial charge in [-0.1, -0.05) is 27.7 Å². The number of fused-ring (bicyclic) bond motifs is 1. The lowest BCUT2D eigenvalue weighted by atomic mass is 10.1. The number of likely N-dealkylation sites (N-methyl/N-ethyl adjacent to an activating group) is 2. The van der Waals surface area contributed by atoms with Crippen LogP contribution in [0.15, 0.2) is 50.3 Å². The summed E-state index contributed by atoms with van der Waals surface area (Å²) in [5.41, 5.74) is 14.9. The van der Waals surface area contributed by atoms with E-state index in [2.05, 4.69) is 46.5 Å². The first-order valence-electron chi connectivity index (χ1n) is 37.0. The number of aromatic nitrogens is 8. The molecular weight excluding hydrogens is 1490 g/mol. The molecule has 1 fully saturated rings. The van der Waals surface area contributed by atoms with Gasteiger partial charge in [-0.15, -0.1) is 0 Å². The van der Waals surface area contributed by atoms with Crippen LogP contribution < -0.4 is 66.3 Å². The van der Waals surface area contributed by atoms with Crippen molar-refractivity contribution >= 4 is 87.9 Å². The number of nitrogens with two attached hydrogens (primary N) is 3. The maximum absolute atomic E-state index is 13.1. The third kappa shape index (κ3) is 39.3. The van der Waals surface area contributed by atoms with E-state index in [0.29, 0.717) is 115 Å². The number of hydrogen-bond donors (Lipinski definition) is 13. The van der Waals surface area contributed by atoms with Crippen molar-refractivity contribution in [3.05, 3.63) is 78.4 Å². The predicted octanol–water partition coefficient (Wildman–Crippen LogP) is -6.77. The van der Waals surface area contributed by atoms with Crippen molar-refractivity contribution in [1.82, 2.24) is 99.5 Å². The molecule has 8 amide bonds. The molecule has 44 nitrogen and oxygen atoms in total. The van der Waals surface area contributed by atoms with Crippen molar-refractivity contribution in [3.8, 4) is 0 Å². The number of ketones is 1. The van der Waals surface area contributed by atoms with E-state index in [9.17, 15) is 92.0 Å². The highest BCUT2D eigenvalue weighted by Gasteiger charge is 2.26. The number of anilines is 1. The van der Waals surface area contributed by atoms with Crippen molar-refractivity contribution in [1.29, 1.82) is 0 Å². The van der Waals surface area contributed by atoms with E-state index in [1.165, 1.54) is 40.1 Å². The summed E-state index contributed by atoms with van der Waals surface area (Å²) in [5.74, 6) is -6.61. The van der Waals surface area contributed by atoms with Gasteiger partial charge in [-0.2, -0.15) is 0 Å². The molecule has 5 rings (SSSR count). The number of aryl methyl sites for hydroxylation is 1. The molecule has 1 aliphatic rings. The molecular formula is C69H113N23O21. The number of aliphatic carboxylic acids is 3. The number of carbonyl (C=O) groups is 12. The third-order valence-corrected chi connectivity index (χ3v) is 17.0. The second kappa shape index (κ2) is 52.5. The summed E-state index contributed by atoms with van der Waals surface area (Å²) >= 11 is 0. The Bertz CT molecular complexity index is 3990. The van der Waals surface area contributed by atoms with Crippen molar-refractivity contribution < 1.29 is 82.3 Å². The number of carboxylic acid groups (broad SMARTS) is 3. The lowest BCUT2D eigenvalue weighted by Crippen LogP contribution is -2.49. The fourth-order valence-electron chi connectivity index (χ4n) is 10.9. The molecule has 0 spiro atoms. The number of aromatic amines is 2. The average Bonchev–Trinajstić information content (AvgIpc) is 1.69. The van der Waals surface area contributed by atoms with Gasteiger partial charge in [0.2, 0.25) is 47.3 Å². The number of primary amides is 1. The molecule has 0 bridgehead atoms. The van der Waals surface area contributed by atoms with Crippen LogP contribution in [0, 0.1) is 12.8 Å². The Kier molecular flexibility index (Phi) is 44.8. The van der Waals surface area contributed by atoms with Crippen LogP contribution in [0.1, 0.15) is 79.2 Å². The predicted molar refractivity (Wildman–Crippen MR) is 409 cm³/mol. The van der Waals surface area contributed by atoms with Crippen LogP contribution >= 0.6 is 0 Å². The van der Waals surface area contributed by atoms with E-state index < -0.39 is 95.0 Å². The van der Waals surface area contributed by atoms with E-state index in [0.717, 1.165) is 32.7 Å². The van der Waals surface area contributed by atoms with E-state index in [-0.39, 0.29) is 139 Å². The molecule has 44 heteroatoms. The number of nitrogens with one attached hydrogen (secondary N) is 7. The van der Waals surface area contributed by atoms with Crippen molar-refractivity contribution in [3.63, 3.8) is 0 Å². The zero-order valence-corrected chi connectivity index (χ0v) is 65.4. The maximum Gasteiger partial charge on any atom is 0.328 e. The number of ether oxygens (including phenoxy) is 2. The Labute approximate surface area is 651 Å². The summed E-state index contributed by atoms with van der Waals surface area (Å²) in [6.45, 7) is 15.3. The number of carboxylic acids is 3. The number of carbonyl (C=O) groups excluding carboxylic acids is 9. The second-order valence-electron chi connectivity index (χ2n) is 26.8. The van der Waals surface area contributed by atoms with Crippen molar-refractivity contribution in [2.75, 3.05) is 176 Å². The second-order valence-corrected chi connectivity index (χ2v) is 26.8. The first-order valence-corrected chi connectivity index (χ1v) is 37.0. The molecule has 4 aromatic rings. The minimum Gasteiger partial charge on any atom is -0.480 e. The van der Waals surface area contributed by atoms with Gasteiger partial charge in [0.15, 0.2) is 17.2 Å². The number of Topliss-reactive ketones (excluding diaryl/α,β-unsaturated/α-hetero) is 1. The van der Waals surface area contributed by atoms with Gasteiger partial charge in [0.25, 0.3) is 11.1 Å². The number of unbranched alkanes of at least 4 members (excludes halogenated alkanes) is 1. The van der Waals surface area contributed by atoms with Gasteiger partial charge in [0, 0.05) is 121 Å². The van der Waals surface area contributed by atoms with E-state index in [4.69, 9.17) is 26.7 Å². The fourth-order valence-corrected chi connectivity index (χ4v) is 10.9. The smallest absolute Gasteiger partial charge is 0.328 e. The van der Waals surface area contributed by atoms with E-state index >= 15 is 0 Å². The average molecular weight is 1600 g/mol. The Morgan fingerprint density at radius 3 is 1.65 bits per heavy atom. The molecule has 0 aromatic carbocycles. The third-order valence-electron chi connectivity index (χ3n) is 17.0. The number of H-pyrrole nitrogens is 2. The Morgan fingerprint density at radius 2 is 1.12 bits per heavy atom. The zero-order valence-electron chi connectivity index (χ0n) is 65.4. The van der Waals surface area contributed by atoms with E-state index in [1.807, 2.05) is 23.7 Å². The molecule has 4 aromatic heterocycles. The highest BCUT2D eigenvalue weighted by atomic mass is 16.5. The first kappa shape index (κ1) is 96.4. The molecule has 0 radical (unpaired) electrons. The van der Waals surface area contributed by atoms with Gasteiger partial charge in [0.1, 0.15) is 50.9 Å².